The second kappa shape index (κ2) is 2.29. The van der Waals surface area contributed by atoms with Gasteiger partial charge in [0.2, 0.25) is 0 Å². The van der Waals surface area contributed by atoms with Crippen LogP contribution in [0.3, 0.4) is 0 Å². The summed E-state index contributed by atoms with van der Waals surface area (Å²) in [6, 6.07) is 1.96. The van der Waals surface area contributed by atoms with E-state index in [1.165, 1.54) is 25.0 Å². The molecule has 0 unspecified atom stereocenters. The van der Waals surface area contributed by atoms with Gasteiger partial charge in [-0.2, -0.15) is 5.10 Å². The largest absolute Gasteiger partial charge is 0.245 e. The van der Waals surface area contributed by atoms with Gasteiger partial charge in [0.05, 0.1) is 0 Å². The van der Waals surface area contributed by atoms with Crippen LogP contribution in [0.25, 0.3) is 5.70 Å². The normalized spacial score (nSPS) is 17.4. The molecule has 0 aromatic carbocycles. The molecule has 2 rings (SSSR count). The zero-order valence-corrected chi connectivity index (χ0v) is 5.83. The van der Waals surface area contributed by atoms with E-state index in [2.05, 4.69) is 11.2 Å². The summed E-state index contributed by atoms with van der Waals surface area (Å²) in [5, 5.41) is 4.15. The number of rotatable bonds is 1. The Morgan fingerprint density at radius 1 is 1.50 bits per heavy atom. The van der Waals surface area contributed by atoms with Crippen LogP contribution in [-0.4, -0.2) is 9.78 Å². The van der Waals surface area contributed by atoms with E-state index in [-0.39, 0.29) is 0 Å². The zero-order valence-electron chi connectivity index (χ0n) is 5.83. The van der Waals surface area contributed by atoms with E-state index in [1.54, 1.807) is 0 Å². The lowest BCUT2D eigenvalue weighted by atomic mass is 10.3. The number of allylic oxidation sites excluding steroid dienone is 2. The van der Waals surface area contributed by atoms with Crippen LogP contribution in [0.1, 0.15) is 19.3 Å². The van der Waals surface area contributed by atoms with E-state index in [4.69, 9.17) is 0 Å². The van der Waals surface area contributed by atoms with Crippen molar-refractivity contribution in [2.24, 2.45) is 0 Å². The molecule has 2 heteroatoms. The highest BCUT2D eigenvalue weighted by Gasteiger charge is 2.04. The second-order valence-corrected chi connectivity index (χ2v) is 2.54. The van der Waals surface area contributed by atoms with Crippen molar-refractivity contribution < 1.29 is 0 Å². The van der Waals surface area contributed by atoms with Crippen LogP contribution in [0.15, 0.2) is 24.5 Å². The molecule has 0 fully saturated rings. The Bertz CT molecular complexity index is 234. The highest BCUT2D eigenvalue weighted by molar-refractivity contribution is 5.45. The lowest BCUT2D eigenvalue weighted by molar-refractivity contribution is 0.842. The first-order chi connectivity index (χ1) is 4.97. The fourth-order valence-electron chi connectivity index (χ4n) is 1.30. The third-order valence-electron chi connectivity index (χ3n) is 1.82. The van der Waals surface area contributed by atoms with Crippen molar-refractivity contribution in [3.63, 3.8) is 0 Å². The Kier molecular flexibility index (Phi) is 1.31. The first-order valence-corrected chi connectivity index (χ1v) is 3.66. The first kappa shape index (κ1) is 5.71. The number of hydrogen-bond donors (Lipinski definition) is 0. The third-order valence-corrected chi connectivity index (χ3v) is 1.82. The Morgan fingerprint density at radius 2 is 2.50 bits per heavy atom. The first-order valence-electron chi connectivity index (χ1n) is 3.66. The summed E-state index contributed by atoms with van der Waals surface area (Å²) >= 11 is 0. The molecule has 10 heavy (non-hydrogen) atoms. The topological polar surface area (TPSA) is 17.8 Å². The highest BCUT2D eigenvalue weighted by atomic mass is 15.3. The molecule has 1 aliphatic carbocycles. The summed E-state index contributed by atoms with van der Waals surface area (Å²) in [6.45, 7) is 0. The molecule has 1 aromatic heterocycles. The van der Waals surface area contributed by atoms with Crippen molar-refractivity contribution >= 4 is 5.70 Å². The molecule has 1 aromatic rings. The van der Waals surface area contributed by atoms with Gasteiger partial charge in [-0.3, -0.25) is 0 Å². The van der Waals surface area contributed by atoms with Crippen molar-refractivity contribution in [1.29, 1.82) is 0 Å². The van der Waals surface area contributed by atoms with Gasteiger partial charge in [0.1, 0.15) is 0 Å². The fourth-order valence-corrected chi connectivity index (χ4v) is 1.30. The van der Waals surface area contributed by atoms with Crippen molar-refractivity contribution in [3.8, 4) is 0 Å². The maximum absolute atomic E-state index is 4.15. The summed E-state index contributed by atoms with van der Waals surface area (Å²) in [6.07, 6.45) is 9.76. The lowest BCUT2D eigenvalue weighted by Gasteiger charge is -1.98. The van der Waals surface area contributed by atoms with E-state index in [1.807, 2.05) is 23.1 Å². The minimum atomic E-state index is 1.18. The SMILES string of the molecule is C1=C(n2cccn2)CCC1. The van der Waals surface area contributed by atoms with Gasteiger partial charge >= 0.3 is 0 Å². The molecule has 0 bridgehead atoms. The van der Waals surface area contributed by atoms with Crippen LogP contribution >= 0.6 is 0 Å². The van der Waals surface area contributed by atoms with Crippen molar-refractivity contribution in [2.75, 3.05) is 0 Å². The highest BCUT2D eigenvalue weighted by Crippen LogP contribution is 2.20. The Balaban J connectivity index is 2.28. The molecular weight excluding hydrogens is 124 g/mol. The van der Waals surface area contributed by atoms with Crippen LogP contribution in [0.5, 0.6) is 0 Å². The minimum Gasteiger partial charge on any atom is -0.245 e. The predicted molar refractivity (Wildman–Crippen MR) is 40.4 cm³/mol. The van der Waals surface area contributed by atoms with Gasteiger partial charge in [-0.15, -0.1) is 0 Å². The van der Waals surface area contributed by atoms with E-state index in [9.17, 15) is 0 Å². The van der Waals surface area contributed by atoms with Gasteiger partial charge in [-0.05, 0) is 25.3 Å². The number of nitrogens with zero attached hydrogens (tertiary/aromatic N) is 2. The predicted octanol–water partition coefficient (Wildman–Crippen LogP) is 1.91. The van der Waals surface area contributed by atoms with Crippen LogP contribution in [0.4, 0.5) is 0 Å². The zero-order chi connectivity index (χ0) is 6.81. The molecule has 0 atom stereocenters. The summed E-state index contributed by atoms with van der Waals surface area (Å²) in [5.74, 6) is 0. The van der Waals surface area contributed by atoms with Gasteiger partial charge in [0.15, 0.2) is 0 Å². The van der Waals surface area contributed by atoms with Gasteiger partial charge in [0.25, 0.3) is 0 Å². The molecule has 0 saturated heterocycles. The van der Waals surface area contributed by atoms with E-state index < -0.39 is 0 Å². The van der Waals surface area contributed by atoms with E-state index >= 15 is 0 Å². The van der Waals surface area contributed by atoms with Crippen molar-refractivity contribution in [1.82, 2.24) is 9.78 Å². The maximum atomic E-state index is 4.15. The third kappa shape index (κ3) is 0.856. The molecule has 52 valence electrons. The van der Waals surface area contributed by atoms with Crippen molar-refractivity contribution in [3.05, 3.63) is 24.5 Å². The quantitative estimate of drug-likeness (QED) is 0.573. The van der Waals surface area contributed by atoms with Gasteiger partial charge in [-0.25, -0.2) is 4.68 Å². The van der Waals surface area contributed by atoms with E-state index in [0.717, 1.165) is 0 Å². The molecule has 0 N–H and O–H groups in total. The molecule has 2 nitrogen and oxygen atoms in total. The molecule has 0 spiro atoms. The van der Waals surface area contributed by atoms with Crippen molar-refractivity contribution in [2.45, 2.75) is 19.3 Å². The number of aromatic nitrogens is 2. The fraction of sp³-hybridized carbons (Fsp3) is 0.375. The monoisotopic (exact) mass is 134 g/mol. The molecule has 1 heterocycles. The Hall–Kier alpha value is -1.05. The number of hydrogen-bond acceptors (Lipinski definition) is 1. The standard InChI is InChI=1S/C8H10N2/c1-2-5-8(4-1)10-7-3-6-9-10/h3-4,6-7H,1-2,5H2. The lowest BCUT2D eigenvalue weighted by Crippen LogP contribution is -1.93. The molecule has 0 amide bonds. The minimum absolute atomic E-state index is 1.18. The summed E-state index contributed by atoms with van der Waals surface area (Å²) in [4.78, 5) is 0. The summed E-state index contributed by atoms with van der Waals surface area (Å²) < 4.78 is 1.95. The Morgan fingerprint density at radius 3 is 3.10 bits per heavy atom. The van der Waals surface area contributed by atoms with Crippen LogP contribution in [0, 0.1) is 0 Å². The maximum Gasteiger partial charge on any atom is 0.0493 e. The molecule has 1 aliphatic rings. The van der Waals surface area contributed by atoms with Crippen LogP contribution < -0.4 is 0 Å². The van der Waals surface area contributed by atoms with Crippen LogP contribution in [-0.2, 0) is 0 Å². The molecule has 0 saturated carbocycles. The Labute approximate surface area is 60.2 Å². The molecule has 0 aliphatic heterocycles. The second-order valence-electron chi connectivity index (χ2n) is 2.54. The summed E-state index contributed by atoms with van der Waals surface area (Å²) in [7, 11) is 0. The summed E-state index contributed by atoms with van der Waals surface area (Å²) in [5.41, 5.74) is 1.35. The van der Waals surface area contributed by atoms with Gasteiger partial charge in [-0.1, -0.05) is 6.08 Å². The van der Waals surface area contributed by atoms with Crippen LogP contribution in [0.2, 0.25) is 0 Å². The van der Waals surface area contributed by atoms with Gasteiger partial charge < -0.3 is 0 Å². The molecular formula is C8H10N2. The molecule has 0 radical (unpaired) electrons. The van der Waals surface area contributed by atoms with Gasteiger partial charge in [0, 0.05) is 18.1 Å². The average Bonchev–Trinajstić information content (AvgIpc) is 2.59. The average molecular weight is 134 g/mol. The smallest absolute Gasteiger partial charge is 0.0493 e. The van der Waals surface area contributed by atoms with E-state index in [0.29, 0.717) is 0 Å².